The molecule has 1 aliphatic heterocycles. The average Bonchev–Trinajstić information content (AvgIpc) is 2.36. The smallest absolute Gasteiger partial charge is 0.225 e. The molecular formula is C14H28N2O2. The zero-order valence-electron chi connectivity index (χ0n) is 12.3. The zero-order chi connectivity index (χ0) is 13.6. The van der Waals surface area contributed by atoms with Crippen molar-refractivity contribution in [1.29, 1.82) is 0 Å². The molecule has 106 valence electrons. The number of nitrogens with zero attached hydrogens (tertiary/aromatic N) is 1. The Hall–Kier alpha value is -0.610. The van der Waals surface area contributed by atoms with Gasteiger partial charge in [-0.2, -0.15) is 0 Å². The molecule has 0 aromatic carbocycles. The molecule has 0 aromatic heterocycles. The molecule has 18 heavy (non-hydrogen) atoms. The number of hydrogen-bond acceptors (Lipinski definition) is 3. The predicted octanol–water partition coefficient (Wildman–Crippen LogP) is 1.65. The van der Waals surface area contributed by atoms with E-state index in [2.05, 4.69) is 12.2 Å². The summed E-state index contributed by atoms with van der Waals surface area (Å²) in [6, 6.07) is 0. The van der Waals surface area contributed by atoms with Crippen molar-refractivity contribution in [2.45, 2.75) is 45.6 Å². The molecule has 0 unspecified atom stereocenters. The number of hydrogen-bond donors (Lipinski definition) is 1. The first kappa shape index (κ1) is 15.4. The van der Waals surface area contributed by atoms with Gasteiger partial charge in [-0.1, -0.05) is 0 Å². The van der Waals surface area contributed by atoms with Crippen LogP contribution in [0.15, 0.2) is 0 Å². The number of ether oxygens (including phenoxy) is 1. The first-order valence-corrected chi connectivity index (χ1v) is 7.02. The van der Waals surface area contributed by atoms with E-state index >= 15 is 0 Å². The van der Waals surface area contributed by atoms with E-state index in [9.17, 15) is 4.79 Å². The van der Waals surface area contributed by atoms with E-state index in [1.54, 1.807) is 7.11 Å². The summed E-state index contributed by atoms with van der Waals surface area (Å²) in [5.41, 5.74) is -0.362. The molecule has 1 aliphatic rings. The molecule has 4 heteroatoms. The van der Waals surface area contributed by atoms with Gasteiger partial charge in [0.1, 0.15) is 0 Å². The molecule has 1 rings (SSSR count). The van der Waals surface area contributed by atoms with Gasteiger partial charge in [0, 0.05) is 20.2 Å². The van der Waals surface area contributed by atoms with E-state index in [0.29, 0.717) is 12.3 Å². The maximum atomic E-state index is 12.3. The highest BCUT2D eigenvalue weighted by Gasteiger charge is 2.26. The topological polar surface area (TPSA) is 41.6 Å². The van der Waals surface area contributed by atoms with Crippen molar-refractivity contribution >= 4 is 5.91 Å². The van der Waals surface area contributed by atoms with Crippen molar-refractivity contribution in [2.24, 2.45) is 5.92 Å². The van der Waals surface area contributed by atoms with Crippen LogP contribution in [0.4, 0.5) is 0 Å². The van der Waals surface area contributed by atoms with Crippen LogP contribution in [-0.2, 0) is 9.53 Å². The first-order valence-electron chi connectivity index (χ1n) is 7.02. The molecule has 1 N–H and O–H groups in total. The summed E-state index contributed by atoms with van der Waals surface area (Å²) in [5.74, 6) is 0.865. The van der Waals surface area contributed by atoms with Gasteiger partial charge in [-0.3, -0.25) is 4.79 Å². The van der Waals surface area contributed by atoms with Crippen molar-refractivity contribution in [3.05, 3.63) is 0 Å². The molecule has 1 heterocycles. The van der Waals surface area contributed by atoms with Crippen LogP contribution in [0.5, 0.6) is 0 Å². The average molecular weight is 256 g/mol. The molecule has 0 aliphatic carbocycles. The van der Waals surface area contributed by atoms with E-state index in [4.69, 9.17) is 4.74 Å². The Morgan fingerprint density at radius 1 is 1.39 bits per heavy atom. The third-order valence-corrected chi connectivity index (χ3v) is 3.80. The van der Waals surface area contributed by atoms with Gasteiger partial charge < -0.3 is 15.0 Å². The molecule has 1 saturated heterocycles. The fraction of sp³-hybridized carbons (Fsp3) is 0.929. The number of piperidine rings is 1. The Morgan fingerprint density at radius 2 is 2.00 bits per heavy atom. The summed E-state index contributed by atoms with van der Waals surface area (Å²) in [4.78, 5) is 14.2. The summed E-state index contributed by atoms with van der Waals surface area (Å²) in [6.45, 7) is 9.84. The quantitative estimate of drug-likeness (QED) is 0.785. The van der Waals surface area contributed by atoms with Gasteiger partial charge >= 0.3 is 0 Å². The van der Waals surface area contributed by atoms with Crippen molar-refractivity contribution in [1.82, 2.24) is 10.2 Å². The normalized spacial score (nSPS) is 17.8. The summed E-state index contributed by atoms with van der Waals surface area (Å²) in [7, 11) is 1.66. The standard InChI is InChI=1S/C14H28N2O2/c1-5-16(11-12-6-8-15-9-7-12)13(17)10-14(2,3)18-4/h12,15H,5-11H2,1-4H3. The second kappa shape index (κ2) is 7.10. The maximum absolute atomic E-state index is 12.3. The largest absolute Gasteiger partial charge is 0.378 e. The van der Waals surface area contributed by atoms with Crippen molar-refractivity contribution in [3.63, 3.8) is 0 Å². The maximum Gasteiger partial charge on any atom is 0.225 e. The Bertz CT molecular complexity index is 261. The minimum absolute atomic E-state index is 0.211. The summed E-state index contributed by atoms with van der Waals surface area (Å²) in [6.07, 6.45) is 2.82. The lowest BCUT2D eigenvalue weighted by molar-refractivity contribution is -0.137. The molecule has 1 amide bonds. The lowest BCUT2D eigenvalue weighted by atomic mass is 9.96. The Balaban J connectivity index is 2.46. The SMILES string of the molecule is CCN(CC1CCNCC1)C(=O)CC(C)(C)OC. The third kappa shape index (κ3) is 4.94. The highest BCUT2D eigenvalue weighted by atomic mass is 16.5. The second-order valence-corrected chi connectivity index (χ2v) is 5.77. The predicted molar refractivity (Wildman–Crippen MR) is 73.6 cm³/mol. The van der Waals surface area contributed by atoms with Gasteiger partial charge in [0.15, 0.2) is 0 Å². The lowest BCUT2D eigenvalue weighted by Crippen LogP contribution is -2.42. The van der Waals surface area contributed by atoms with Crippen LogP contribution in [0.25, 0.3) is 0 Å². The number of carbonyl (C=O) groups excluding carboxylic acids is 1. The van der Waals surface area contributed by atoms with Gasteiger partial charge in [0.05, 0.1) is 12.0 Å². The molecule has 0 radical (unpaired) electrons. The lowest BCUT2D eigenvalue weighted by Gasteiger charge is -2.31. The molecule has 0 bridgehead atoms. The molecule has 0 spiro atoms. The molecule has 0 aromatic rings. The Labute approximate surface area is 111 Å². The second-order valence-electron chi connectivity index (χ2n) is 5.77. The Kier molecular flexibility index (Phi) is 6.09. The van der Waals surface area contributed by atoms with E-state index in [-0.39, 0.29) is 11.5 Å². The molecule has 4 nitrogen and oxygen atoms in total. The number of methoxy groups -OCH3 is 1. The van der Waals surface area contributed by atoms with Gasteiger partial charge in [-0.25, -0.2) is 0 Å². The monoisotopic (exact) mass is 256 g/mol. The molecule has 0 atom stereocenters. The van der Waals surface area contributed by atoms with E-state index < -0.39 is 0 Å². The van der Waals surface area contributed by atoms with Crippen LogP contribution in [0.1, 0.15) is 40.0 Å². The van der Waals surface area contributed by atoms with Gasteiger partial charge in [0.2, 0.25) is 5.91 Å². The molecular weight excluding hydrogens is 228 g/mol. The zero-order valence-corrected chi connectivity index (χ0v) is 12.3. The highest BCUT2D eigenvalue weighted by molar-refractivity contribution is 5.77. The van der Waals surface area contributed by atoms with Crippen LogP contribution < -0.4 is 5.32 Å². The van der Waals surface area contributed by atoms with Gasteiger partial charge in [-0.05, 0) is 52.6 Å². The summed E-state index contributed by atoms with van der Waals surface area (Å²) >= 11 is 0. The van der Waals surface area contributed by atoms with E-state index in [1.807, 2.05) is 18.7 Å². The minimum Gasteiger partial charge on any atom is -0.378 e. The van der Waals surface area contributed by atoms with Gasteiger partial charge in [0.25, 0.3) is 0 Å². The fourth-order valence-electron chi connectivity index (χ4n) is 2.33. The highest BCUT2D eigenvalue weighted by Crippen LogP contribution is 2.18. The Morgan fingerprint density at radius 3 is 2.50 bits per heavy atom. The van der Waals surface area contributed by atoms with Crippen LogP contribution in [0, 0.1) is 5.92 Å². The third-order valence-electron chi connectivity index (χ3n) is 3.80. The van der Waals surface area contributed by atoms with E-state index in [0.717, 1.165) is 26.2 Å². The molecule has 0 saturated carbocycles. The summed E-state index contributed by atoms with van der Waals surface area (Å²) in [5, 5.41) is 3.36. The molecule has 1 fully saturated rings. The van der Waals surface area contributed by atoms with Crippen LogP contribution in [-0.4, -0.2) is 49.7 Å². The number of nitrogens with one attached hydrogen (secondary N) is 1. The van der Waals surface area contributed by atoms with Crippen LogP contribution in [0.2, 0.25) is 0 Å². The minimum atomic E-state index is -0.362. The summed E-state index contributed by atoms with van der Waals surface area (Å²) < 4.78 is 5.34. The van der Waals surface area contributed by atoms with E-state index in [1.165, 1.54) is 12.8 Å². The van der Waals surface area contributed by atoms with Gasteiger partial charge in [-0.15, -0.1) is 0 Å². The van der Waals surface area contributed by atoms with Crippen molar-refractivity contribution in [3.8, 4) is 0 Å². The van der Waals surface area contributed by atoms with Crippen LogP contribution in [0.3, 0.4) is 0 Å². The van der Waals surface area contributed by atoms with Crippen molar-refractivity contribution < 1.29 is 9.53 Å². The number of amides is 1. The number of rotatable bonds is 6. The van der Waals surface area contributed by atoms with Crippen LogP contribution >= 0.6 is 0 Å². The first-order chi connectivity index (χ1) is 8.48. The van der Waals surface area contributed by atoms with Crippen molar-refractivity contribution in [2.75, 3.05) is 33.3 Å². The fourth-order valence-corrected chi connectivity index (χ4v) is 2.33. The number of carbonyl (C=O) groups is 1.